The summed E-state index contributed by atoms with van der Waals surface area (Å²) in [5.74, 6) is 0.153. The van der Waals surface area contributed by atoms with Crippen molar-refractivity contribution in [1.82, 2.24) is 14.7 Å². The summed E-state index contributed by atoms with van der Waals surface area (Å²) in [5, 5.41) is 7.89. The van der Waals surface area contributed by atoms with Gasteiger partial charge in [0.1, 0.15) is 12.4 Å². The molecule has 0 aliphatic rings. The quantitative estimate of drug-likeness (QED) is 0.244. The highest BCUT2D eigenvalue weighted by Crippen LogP contribution is 2.33. The zero-order chi connectivity index (χ0) is 27.9. The van der Waals surface area contributed by atoms with Crippen molar-refractivity contribution in [1.29, 1.82) is 0 Å². The Balaban J connectivity index is 1.62. The highest BCUT2D eigenvalue weighted by molar-refractivity contribution is 6.01. The Morgan fingerprint density at radius 3 is 2.21 bits per heavy atom. The first kappa shape index (κ1) is 27.8. The molecule has 0 atom stereocenters. The van der Waals surface area contributed by atoms with E-state index in [4.69, 9.17) is 5.10 Å². The van der Waals surface area contributed by atoms with Crippen molar-refractivity contribution < 1.29 is 9.59 Å². The van der Waals surface area contributed by atoms with Crippen molar-refractivity contribution >= 4 is 17.6 Å². The minimum atomic E-state index is -0.276. The first-order valence-corrected chi connectivity index (χ1v) is 13.7. The molecule has 3 aromatic carbocycles. The van der Waals surface area contributed by atoms with Crippen molar-refractivity contribution in [2.75, 3.05) is 11.9 Å². The topological polar surface area (TPSA) is 67.2 Å². The fourth-order valence-corrected chi connectivity index (χ4v) is 4.64. The van der Waals surface area contributed by atoms with Gasteiger partial charge in [0.05, 0.1) is 11.4 Å². The van der Waals surface area contributed by atoms with E-state index in [9.17, 15) is 9.59 Å². The summed E-state index contributed by atoms with van der Waals surface area (Å²) in [5.41, 5.74) is 6.41. The molecule has 202 valence electrons. The number of unbranched alkanes of at least 4 members (excludes halogenated alkanes) is 1. The molecule has 0 aliphatic carbocycles. The van der Waals surface area contributed by atoms with Gasteiger partial charge in [-0.15, -0.1) is 0 Å². The predicted molar refractivity (Wildman–Crippen MR) is 158 cm³/mol. The zero-order valence-corrected chi connectivity index (χ0v) is 23.6. The summed E-state index contributed by atoms with van der Waals surface area (Å²) in [6.07, 6.45) is 3.25. The maximum absolute atomic E-state index is 13.5. The van der Waals surface area contributed by atoms with Gasteiger partial charge in [-0.3, -0.25) is 9.59 Å². The normalized spacial score (nSPS) is 11.0. The van der Waals surface area contributed by atoms with E-state index in [0.29, 0.717) is 11.4 Å². The molecule has 6 nitrogen and oxygen atoms in total. The number of aromatic nitrogens is 2. The molecule has 4 rings (SSSR count). The van der Waals surface area contributed by atoms with Gasteiger partial charge in [0.2, 0.25) is 5.91 Å². The van der Waals surface area contributed by atoms with Crippen LogP contribution in [-0.2, 0) is 11.2 Å². The number of rotatable bonds is 10. The molecule has 0 spiro atoms. The number of aryl methyl sites for hydroxylation is 3. The summed E-state index contributed by atoms with van der Waals surface area (Å²) in [7, 11) is 0. The molecule has 0 saturated carbocycles. The third-order valence-electron chi connectivity index (χ3n) is 6.88. The second kappa shape index (κ2) is 12.6. The van der Waals surface area contributed by atoms with Gasteiger partial charge in [-0.1, -0.05) is 73.5 Å². The van der Waals surface area contributed by atoms with Crippen LogP contribution in [0.15, 0.2) is 78.9 Å². The van der Waals surface area contributed by atoms with E-state index >= 15 is 0 Å². The summed E-state index contributed by atoms with van der Waals surface area (Å²) < 4.78 is 1.77. The molecule has 4 aromatic rings. The van der Waals surface area contributed by atoms with Crippen molar-refractivity contribution in [2.24, 2.45) is 0 Å². The molecular formula is C33H38N4O2. The van der Waals surface area contributed by atoms with Crippen LogP contribution in [-0.4, -0.2) is 39.1 Å². The van der Waals surface area contributed by atoms with Crippen LogP contribution in [0, 0.1) is 13.8 Å². The highest BCUT2D eigenvalue weighted by Gasteiger charge is 2.25. The molecule has 1 heterocycles. The lowest BCUT2D eigenvalue weighted by Crippen LogP contribution is -2.42. The summed E-state index contributed by atoms with van der Waals surface area (Å²) in [4.78, 5) is 28.6. The SMILES string of the molecule is CCCCc1ccc(C(=O)N(CC(=O)Nc2c(-c3ccccc3)c(C)nn2-c2ccc(C)cc2)C(C)C)cc1. The number of nitrogens with one attached hydrogen (secondary N) is 1. The van der Waals surface area contributed by atoms with Gasteiger partial charge in [0.25, 0.3) is 5.91 Å². The number of benzene rings is 3. The van der Waals surface area contributed by atoms with Crippen LogP contribution in [0.1, 0.15) is 60.8 Å². The molecule has 6 heteroatoms. The van der Waals surface area contributed by atoms with E-state index in [0.717, 1.165) is 47.3 Å². The van der Waals surface area contributed by atoms with Crippen molar-refractivity contribution in [3.05, 3.63) is 101 Å². The average molecular weight is 523 g/mol. The molecule has 0 saturated heterocycles. The minimum absolute atomic E-state index is 0.0690. The van der Waals surface area contributed by atoms with E-state index in [1.807, 2.05) is 107 Å². The molecule has 0 bridgehead atoms. The number of hydrogen-bond acceptors (Lipinski definition) is 3. The van der Waals surface area contributed by atoms with Crippen molar-refractivity contribution in [3.63, 3.8) is 0 Å². The number of carbonyl (C=O) groups is 2. The number of hydrogen-bond donors (Lipinski definition) is 1. The Bertz CT molecular complexity index is 1400. The minimum Gasteiger partial charge on any atom is -0.327 e. The maximum atomic E-state index is 13.5. The standard InChI is InChI=1S/C33H38N4O2/c1-6-7-11-26-16-18-28(19-17-26)33(39)36(23(2)3)22-30(38)34-32-31(27-12-9-8-10-13-27)25(5)35-37(32)29-20-14-24(4)15-21-29/h8-10,12-21,23H,6-7,11,22H2,1-5H3,(H,34,38). The predicted octanol–water partition coefficient (Wildman–Crippen LogP) is 6.99. The molecule has 0 unspecified atom stereocenters. The Morgan fingerprint density at radius 1 is 0.923 bits per heavy atom. The summed E-state index contributed by atoms with van der Waals surface area (Å²) in [6.45, 7) is 9.93. The monoisotopic (exact) mass is 522 g/mol. The van der Waals surface area contributed by atoms with Crippen molar-refractivity contribution in [2.45, 2.75) is 59.9 Å². The molecule has 39 heavy (non-hydrogen) atoms. The van der Waals surface area contributed by atoms with Crippen LogP contribution < -0.4 is 5.32 Å². The van der Waals surface area contributed by atoms with Crippen LogP contribution >= 0.6 is 0 Å². The van der Waals surface area contributed by atoms with E-state index in [2.05, 4.69) is 12.2 Å². The molecule has 0 fully saturated rings. The van der Waals surface area contributed by atoms with Gasteiger partial charge in [-0.05, 0) is 75.9 Å². The maximum Gasteiger partial charge on any atom is 0.254 e. The number of carbonyl (C=O) groups excluding carboxylic acids is 2. The van der Waals surface area contributed by atoms with Crippen LogP contribution in [0.25, 0.3) is 16.8 Å². The lowest BCUT2D eigenvalue weighted by atomic mass is 10.1. The Hall–Kier alpha value is -4.19. The van der Waals surface area contributed by atoms with Crippen molar-refractivity contribution in [3.8, 4) is 16.8 Å². The van der Waals surface area contributed by atoms with Gasteiger partial charge in [-0.2, -0.15) is 5.10 Å². The second-order valence-corrected chi connectivity index (χ2v) is 10.3. The number of nitrogens with zero attached hydrogens (tertiary/aromatic N) is 3. The van der Waals surface area contributed by atoms with Crippen LogP contribution in [0.4, 0.5) is 5.82 Å². The first-order valence-electron chi connectivity index (χ1n) is 13.7. The lowest BCUT2D eigenvalue weighted by molar-refractivity contribution is -0.117. The lowest BCUT2D eigenvalue weighted by Gasteiger charge is -2.26. The van der Waals surface area contributed by atoms with Gasteiger partial charge >= 0.3 is 0 Å². The third-order valence-corrected chi connectivity index (χ3v) is 6.88. The highest BCUT2D eigenvalue weighted by atomic mass is 16.2. The zero-order valence-electron chi connectivity index (χ0n) is 23.6. The Kier molecular flexibility index (Phi) is 8.97. The molecule has 1 N–H and O–H groups in total. The molecule has 2 amide bonds. The van der Waals surface area contributed by atoms with Crippen LogP contribution in [0.2, 0.25) is 0 Å². The largest absolute Gasteiger partial charge is 0.327 e. The van der Waals surface area contributed by atoms with E-state index < -0.39 is 0 Å². The van der Waals surface area contributed by atoms with Gasteiger partial charge in [0.15, 0.2) is 0 Å². The van der Waals surface area contributed by atoms with Gasteiger partial charge in [-0.25, -0.2) is 4.68 Å². The van der Waals surface area contributed by atoms with E-state index in [1.165, 1.54) is 5.56 Å². The number of anilines is 1. The number of amides is 2. The fourth-order valence-electron chi connectivity index (χ4n) is 4.64. The third kappa shape index (κ3) is 6.63. The smallest absolute Gasteiger partial charge is 0.254 e. The molecule has 1 aromatic heterocycles. The Labute approximate surface area is 231 Å². The Morgan fingerprint density at radius 2 is 1.59 bits per heavy atom. The fraction of sp³-hybridized carbons (Fsp3) is 0.303. The van der Waals surface area contributed by atoms with Crippen LogP contribution in [0.5, 0.6) is 0 Å². The van der Waals surface area contributed by atoms with Gasteiger partial charge in [0, 0.05) is 17.2 Å². The summed E-state index contributed by atoms with van der Waals surface area (Å²) in [6, 6.07) is 25.5. The van der Waals surface area contributed by atoms with E-state index in [1.54, 1.807) is 9.58 Å². The van der Waals surface area contributed by atoms with Gasteiger partial charge < -0.3 is 10.2 Å². The molecular weight excluding hydrogens is 484 g/mol. The average Bonchev–Trinajstić information content (AvgIpc) is 3.26. The first-order chi connectivity index (χ1) is 18.8. The molecule has 0 aliphatic heterocycles. The van der Waals surface area contributed by atoms with E-state index in [-0.39, 0.29) is 24.4 Å². The molecule has 0 radical (unpaired) electrons. The van der Waals surface area contributed by atoms with Crippen LogP contribution in [0.3, 0.4) is 0 Å². The summed E-state index contributed by atoms with van der Waals surface area (Å²) >= 11 is 0. The second-order valence-electron chi connectivity index (χ2n) is 10.3.